The van der Waals surface area contributed by atoms with Crippen molar-refractivity contribution in [2.45, 2.75) is 19.4 Å². The number of aryl methyl sites for hydroxylation is 1. The second-order valence-corrected chi connectivity index (χ2v) is 9.29. The zero-order valence-corrected chi connectivity index (χ0v) is 14.4. The summed E-state index contributed by atoms with van der Waals surface area (Å²) in [7, 11) is -1.29. The summed E-state index contributed by atoms with van der Waals surface area (Å²) in [6.45, 7) is 4.54. The van der Waals surface area contributed by atoms with E-state index in [2.05, 4.69) is 98.8 Å². The Morgan fingerprint density at radius 2 is 1.09 bits per heavy atom. The van der Waals surface area contributed by atoms with E-state index in [0.29, 0.717) is 5.54 Å². The minimum absolute atomic E-state index is 0.574. The Balaban J connectivity index is 2.04. The second-order valence-electron chi connectivity index (χ2n) is 6.00. The molecule has 0 bridgehead atoms. The summed E-state index contributed by atoms with van der Waals surface area (Å²) in [4.78, 5) is 0. The maximum atomic E-state index is 2.39. The minimum Gasteiger partial charge on any atom is -0.0629 e. The molecule has 0 aromatic heterocycles. The van der Waals surface area contributed by atoms with Crippen LogP contribution in [0.3, 0.4) is 0 Å². The first-order valence-corrected chi connectivity index (χ1v) is 9.74. The van der Waals surface area contributed by atoms with Crippen molar-refractivity contribution in [2.75, 3.05) is 0 Å². The summed E-state index contributed by atoms with van der Waals surface area (Å²) in [6, 6.07) is 31.1. The predicted molar refractivity (Wildman–Crippen MR) is 98.9 cm³/mol. The highest BCUT2D eigenvalue weighted by molar-refractivity contribution is 6.86. The van der Waals surface area contributed by atoms with Gasteiger partial charge in [-0.05, 0) is 18.0 Å². The second kappa shape index (κ2) is 6.76. The summed E-state index contributed by atoms with van der Waals surface area (Å²) in [6.07, 6.45) is 0. The first-order chi connectivity index (χ1) is 10.8. The van der Waals surface area contributed by atoms with Crippen LogP contribution in [0.15, 0.2) is 84.9 Å². The van der Waals surface area contributed by atoms with E-state index in [1.54, 1.807) is 0 Å². The zero-order chi connectivity index (χ0) is 15.4. The molecule has 3 rings (SSSR count). The molecule has 0 aliphatic carbocycles. The Kier molecular flexibility index (Phi) is 4.55. The molecule has 1 unspecified atom stereocenters. The molecule has 0 radical (unpaired) electrons. The molecule has 110 valence electrons. The van der Waals surface area contributed by atoms with E-state index in [0.717, 1.165) is 0 Å². The summed E-state index contributed by atoms with van der Waals surface area (Å²) >= 11 is 0. The lowest BCUT2D eigenvalue weighted by atomic mass is 10.1. The van der Waals surface area contributed by atoms with Crippen LogP contribution in [0, 0.1) is 6.92 Å². The van der Waals surface area contributed by atoms with Crippen molar-refractivity contribution in [2.24, 2.45) is 0 Å². The molecular weight excluding hydrogens is 280 g/mol. The lowest BCUT2D eigenvalue weighted by molar-refractivity contribution is 1.06. The van der Waals surface area contributed by atoms with Crippen LogP contribution < -0.4 is 10.4 Å². The lowest BCUT2D eigenvalue weighted by Gasteiger charge is -2.24. The van der Waals surface area contributed by atoms with Gasteiger partial charge in [0.1, 0.15) is 8.80 Å². The van der Waals surface area contributed by atoms with Gasteiger partial charge in [0.05, 0.1) is 0 Å². The average molecular weight is 302 g/mol. The monoisotopic (exact) mass is 302 g/mol. The van der Waals surface area contributed by atoms with Crippen molar-refractivity contribution in [3.05, 3.63) is 96.1 Å². The van der Waals surface area contributed by atoms with Gasteiger partial charge < -0.3 is 0 Å². The third-order valence-corrected chi connectivity index (χ3v) is 8.01. The van der Waals surface area contributed by atoms with Crippen molar-refractivity contribution in [3.63, 3.8) is 0 Å². The molecule has 0 heterocycles. The highest BCUT2D eigenvalue weighted by Crippen LogP contribution is 2.19. The van der Waals surface area contributed by atoms with Crippen molar-refractivity contribution in [3.8, 4) is 0 Å². The van der Waals surface area contributed by atoms with Crippen LogP contribution in [0.1, 0.15) is 23.6 Å². The minimum atomic E-state index is -1.29. The zero-order valence-electron chi connectivity index (χ0n) is 13.2. The van der Waals surface area contributed by atoms with Gasteiger partial charge >= 0.3 is 0 Å². The Bertz CT molecular complexity index is 662. The van der Waals surface area contributed by atoms with Gasteiger partial charge in [0.15, 0.2) is 0 Å². The Morgan fingerprint density at radius 1 is 0.636 bits per heavy atom. The fourth-order valence-electron chi connectivity index (χ4n) is 3.15. The Labute approximate surface area is 135 Å². The molecule has 0 aliphatic rings. The van der Waals surface area contributed by atoms with Crippen molar-refractivity contribution >= 4 is 19.2 Å². The molecule has 3 aromatic carbocycles. The van der Waals surface area contributed by atoms with Gasteiger partial charge in [-0.25, -0.2) is 0 Å². The lowest BCUT2D eigenvalue weighted by Crippen LogP contribution is -2.46. The van der Waals surface area contributed by atoms with Crippen LogP contribution >= 0.6 is 0 Å². The molecule has 0 nitrogen and oxygen atoms in total. The number of hydrogen-bond donors (Lipinski definition) is 0. The summed E-state index contributed by atoms with van der Waals surface area (Å²) in [5.41, 5.74) is 3.36. The van der Waals surface area contributed by atoms with Crippen molar-refractivity contribution in [1.82, 2.24) is 0 Å². The maximum absolute atomic E-state index is 2.39. The van der Waals surface area contributed by atoms with Crippen molar-refractivity contribution in [1.29, 1.82) is 0 Å². The van der Waals surface area contributed by atoms with Gasteiger partial charge in [0.25, 0.3) is 0 Å². The molecule has 0 amide bonds. The van der Waals surface area contributed by atoms with Gasteiger partial charge in [-0.2, -0.15) is 0 Å². The van der Waals surface area contributed by atoms with Gasteiger partial charge in [0, 0.05) is 0 Å². The van der Waals surface area contributed by atoms with E-state index in [-0.39, 0.29) is 0 Å². The van der Waals surface area contributed by atoms with Crippen LogP contribution in [0.2, 0.25) is 0 Å². The van der Waals surface area contributed by atoms with Gasteiger partial charge in [-0.15, -0.1) is 0 Å². The molecular formula is C21H22Si. The highest BCUT2D eigenvalue weighted by atomic mass is 28.3. The molecule has 0 fully saturated rings. The highest BCUT2D eigenvalue weighted by Gasteiger charge is 2.24. The van der Waals surface area contributed by atoms with Crippen LogP contribution in [0.4, 0.5) is 0 Å². The molecule has 0 saturated heterocycles. The van der Waals surface area contributed by atoms with Crippen LogP contribution in [-0.2, 0) is 0 Å². The first kappa shape index (κ1) is 14.8. The topological polar surface area (TPSA) is 0 Å². The third-order valence-electron chi connectivity index (χ3n) is 4.42. The van der Waals surface area contributed by atoms with Gasteiger partial charge in [-0.1, -0.05) is 108 Å². The summed E-state index contributed by atoms with van der Waals surface area (Å²) < 4.78 is 0. The van der Waals surface area contributed by atoms with Gasteiger partial charge in [0.2, 0.25) is 0 Å². The molecule has 0 N–H and O–H groups in total. The smallest absolute Gasteiger partial charge is 0.0629 e. The normalized spacial score (nSPS) is 12.3. The first-order valence-electron chi connectivity index (χ1n) is 7.92. The molecule has 3 aromatic rings. The fourth-order valence-corrected chi connectivity index (χ4v) is 6.57. The molecule has 1 heteroatoms. The van der Waals surface area contributed by atoms with E-state index in [4.69, 9.17) is 0 Å². The SMILES string of the molecule is Cc1ccc(C(C)[SiH](c2ccccc2)c2ccccc2)cc1. The molecule has 0 saturated carbocycles. The number of rotatable bonds is 4. The summed E-state index contributed by atoms with van der Waals surface area (Å²) in [5.74, 6) is 0. The van der Waals surface area contributed by atoms with E-state index in [1.807, 2.05) is 0 Å². The quantitative estimate of drug-likeness (QED) is 0.645. The largest absolute Gasteiger partial charge is 0.110 e. The summed E-state index contributed by atoms with van der Waals surface area (Å²) in [5, 5.41) is 3.03. The molecule has 0 spiro atoms. The Morgan fingerprint density at radius 3 is 1.55 bits per heavy atom. The fraction of sp³-hybridized carbons (Fsp3) is 0.143. The van der Waals surface area contributed by atoms with E-state index in [1.165, 1.54) is 21.5 Å². The standard InChI is InChI=1S/C21H22Si/c1-17-13-15-19(16-14-17)18(2)22(20-9-5-3-6-10-20)21-11-7-4-8-12-21/h3-16,18,22H,1-2H3. The van der Waals surface area contributed by atoms with E-state index < -0.39 is 8.80 Å². The predicted octanol–water partition coefficient (Wildman–Crippen LogP) is 3.68. The number of hydrogen-bond acceptors (Lipinski definition) is 0. The Hall–Kier alpha value is -2.12. The molecule has 22 heavy (non-hydrogen) atoms. The number of benzene rings is 3. The van der Waals surface area contributed by atoms with E-state index in [9.17, 15) is 0 Å². The maximum Gasteiger partial charge on any atom is 0.110 e. The van der Waals surface area contributed by atoms with Crippen LogP contribution in [0.25, 0.3) is 0 Å². The van der Waals surface area contributed by atoms with Gasteiger partial charge in [-0.3, -0.25) is 0 Å². The third kappa shape index (κ3) is 3.20. The van der Waals surface area contributed by atoms with E-state index >= 15 is 0 Å². The van der Waals surface area contributed by atoms with Crippen molar-refractivity contribution < 1.29 is 0 Å². The average Bonchev–Trinajstić information content (AvgIpc) is 2.57. The molecule has 1 atom stereocenters. The molecule has 0 aliphatic heterocycles. The van der Waals surface area contributed by atoms with Crippen LogP contribution in [0.5, 0.6) is 0 Å². The van der Waals surface area contributed by atoms with Crippen LogP contribution in [-0.4, -0.2) is 8.80 Å².